The predicted molar refractivity (Wildman–Crippen MR) is 74.0 cm³/mol. The molecule has 0 bridgehead atoms. The molecule has 2 atom stereocenters. The maximum atomic E-state index is 12.1. The minimum atomic E-state index is -1.13. The number of hydrogen-bond acceptors (Lipinski definition) is 3. The van der Waals surface area contributed by atoms with Crippen molar-refractivity contribution in [1.82, 2.24) is 4.90 Å². The van der Waals surface area contributed by atoms with Crippen molar-refractivity contribution >= 4 is 29.3 Å². The molecule has 1 aromatic rings. The van der Waals surface area contributed by atoms with Crippen LogP contribution in [0.15, 0.2) is 18.2 Å². The minimum absolute atomic E-state index is 0.00770. The zero-order chi connectivity index (χ0) is 14.9. The van der Waals surface area contributed by atoms with Crippen LogP contribution < -0.4 is 5.32 Å². The van der Waals surface area contributed by atoms with Gasteiger partial charge in [-0.05, 0) is 24.6 Å². The van der Waals surface area contributed by atoms with E-state index in [4.69, 9.17) is 16.7 Å². The van der Waals surface area contributed by atoms with Gasteiger partial charge in [0.2, 0.25) is 0 Å². The van der Waals surface area contributed by atoms with E-state index in [1.165, 1.54) is 0 Å². The minimum Gasteiger partial charge on any atom is -0.480 e. The number of aryl methyl sites for hydroxylation is 1. The van der Waals surface area contributed by atoms with Gasteiger partial charge in [-0.25, -0.2) is 9.59 Å². The summed E-state index contributed by atoms with van der Waals surface area (Å²) < 4.78 is 0. The lowest BCUT2D eigenvalue weighted by Crippen LogP contribution is -2.43. The number of β-amino-alcohol motifs (C(OH)–C–C–N with tert-alkyl or cyclic N) is 1. The second-order valence-electron chi connectivity index (χ2n) is 4.81. The van der Waals surface area contributed by atoms with Gasteiger partial charge in [-0.15, -0.1) is 0 Å². The maximum Gasteiger partial charge on any atom is 0.326 e. The van der Waals surface area contributed by atoms with Crippen LogP contribution in [-0.2, 0) is 4.79 Å². The Morgan fingerprint density at radius 1 is 1.45 bits per heavy atom. The van der Waals surface area contributed by atoms with E-state index in [0.29, 0.717) is 10.7 Å². The molecule has 2 rings (SSSR count). The summed E-state index contributed by atoms with van der Waals surface area (Å²) in [6.45, 7) is 1.85. The summed E-state index contributed by atoms with van der Waals surface area (Å²) in [5.74, 6) is -1.13. The molecule has 0 spiro atoms. The number of anilines is 1. The summed E-state index contributed by atoms with van der Waals surface area (Å²) >= 11 is 5.98. The molecule has 1 aliphatic rings. The van der Waals surface area contributed by atoms with Crippen molar-refractivity contribution in [2.24, 2.45) is 0 Å². The SMILES string of the molecule is Cc1ccc(Cl)c(NC(=O)N2CC(O)CC2C(=O)O)c1. The standard InChI is InChI=1S/C13H15ClN2O4/c1-7-2-3-9(14)10(4-7)15-13(20)16-6-8(17)5-11(16)12(18)19/h2-4,8,11,17H,5-6H2,1H3,(H,15,20)(H,18,19). The molecule has 7 heteroatoms. The van der Waals surface area contributed by atoms with Gasteiger partial charge in [0.1, 0.15) is 6.04 Å². The number of halogens is 1. The first-order chi connectivity index (χ1) is 9.38. The molecule has 1 saturated heterocycles. The highest BCUT2D eigenvalue weighted by Gasteiger charge is 2.39. The number of nitrogens with zero attached hydrogens (tertiary/aromatic N) is 1. The van der Waals surface area contributed by atoms with Crippen LogP contribution in [0.1, 0.15) is 12.0 Å². The average molecular weight is 299 g/mol. The molecule has 108 valence electrons. The Labute approximate surface area is 121 Å². The lowest BCUT2D eigenvalue weighted by atomic mass is 10.2. The van der Waals surface area contributed by atoms with E-state index in [1.54, 1.807) is 18.2 Å². The first-order valence-electron chi connectivity index (χ1n) is 6.13. The van der Waals surface area contributed by atoms with E-state index >= 15 is 0 Å². The number of urea groups is 1. The Balaban J connectivity index is 2.15. The van der Waals surface area contributed by atoms with Gasteiger partial charge in [0, 0.05) is 13.0 Å². The summed E-state index contributed by atoms with van der Waals surface area (Å²) in [6.07, 6.45) is -0.792. The summed E-state index contributed by atoms with van der Waals surface area (Å²) in [5.41, 5.74) is 1.34. The maximum absolute atomic E-state index is 12.1. The summed E-state index contributed by atoms with van der Waals surface area (Å²) in [4.78, 5) is 24.3. The van der Waals surface area contributed by atoms with Gasteiger partial charge in [0.05, 0.1) is 16.8 Å². The Morgan fingerprint density at radius 2 is 2.15 bits per heavy atom. The summed E-state index contributed by atoms with van der Waals surface area (Å²) in [6, 6.07) is 3.55. The summed E-state index contributed by atoms with van der Waals surface area (Å²) in [7, 11) is 0. The molecular weight excluding hydrogens is 284 g/mol. The van der Waals surface area contributed by atoms with Crippen molar-refractivity contribution in [1.29, 1.82) is 0 Å². The lowest BCUT2D eigenvalue weighted by Gasteiger charge is -2.22. The van der Waals surface area contributed by atoms with Gasteiger partial charge in [-0.1, -0.05) is 17.7 Å². The zero-order valence-corrected chi connectivity index (χ0v) is 11.6. The average Bonchev–Trinajstić information content (AvgIpc) is 2.76. The predicted octanol–water partition coefficient (Wildman–Crippen LogP) is 1.70. The molecule has 1 fully saturated rings. The van der Waals surface area contributed by atoms with Crippen LogP contribution in [-0.4, -0.2) is 45.8 Å². The smallest absolute Gasteiger partial charge is 0.326 e. The number of nitrogens with one attached hydrogen (secondary N) is 1. The quantitative estimate of drug-likeness (QED) is 0.775. The molecular formula is C13H15ClN2O4. The number of aliphatic carboxylic acids is 1. The highest BCUT2D eigenvalue weighted by atomic mass is 35.5. The van der Waals surface area contributed by atoms with E-state index < -0.39 is 24.1 Å². The number of likely N-dealkylation sites (tertiary alicyclic amines) is 1. The molecule has 2 amide bonds. The molecule has 20 heavy (non-hydrogen) atoms. The monoisotopic (exact) mass is 298 g/mol. The van der Waals surface area contributed by atoms with Gasteiger partial charge in [-0.3, -0.25) is 0 Å². The van der Waals surface area contributed by atoms with Crippen LogP contribution in [0.25, 0.3) is 0 Å². The molecule has 0 aromatic heterocycles. The van der Waals surface area contributed by atoms with Crippen molar-refractivity contribution in [2.75, 3.05) is 11.9 Å². The van der Waals surface area contributed by atoms with E-state index in [-0.39, 0.29) is 13.0 Å². The number of carboxylic acids is 1. The molecule has 2 unspecified atom stereocenters. The number of benzene rings is 1. The molecule has 3 N–H and O–H groups in total. The highest BCUT2D eigenvalue weighted by Crippen LogP contribution is 2.25. The second kappa shape index (κ2) is 5.68. The van der Waals surface area contributed by atoms with Gasteiger partial charge in [-0.2, -0.15) is 0 Å². The van der Waals surface area contributed by atoms with Gasteiger partial charge in [0.25, 0.3) is 0 Å². The van der Waals surface area contributed by atoms with Crippen molar-refractivity contribution < 1.29 is 19.8 Å². The fourth-order valence-electron chi connectivity index (χ4n) is 2.19. The lowest BCUT2D eigenvalue weighted by molar-refractivity contribution is -0.141. The Morgan fingerprint density at radius 3 is 2.80 bits per heavy atom. The third-order valence-corrected chi connectivity index (χ3v) is 3.52. The van der Waals surface area contributed by atoms with Crippen LogP contribution in [0.2, 0.25) is 5.02 Å². The first kappa shape index (κ1) is 14.6. The number of aliphatic hydroxyl groups excluding tert-OH is 1. The number of carbonyl (C=O) groups excluding carboxylic acids is 1. The normalized spacial score (nSPS) is 21.9. The fraction of sp³-hybridized carbons (Fsp3) is 0.385. The Bertz CT molecular complexity index is 549. The van der Waals surface area contributed by atoms with Crippen molar-refractivity contribution in [3.05, 3.63) is 28.8 Å². The molecule has 1 heterocycles. The first-order valence-corrected chi connectivity index (χ1v) is 6.51. The van der Waals surface area contributed by atoms with Crippen LogP contribution in [0.4, 0.5) is 10.5 Å². The Kier molecular flexibility index (Phi) is 4.15. The van der Waals surface area contributed by atoms with Gasteiger partial charge in [0.15, 0.2) is 0 Å². The van der Waals surface area contributed by atoms with E-state index in [9.17, 15) is 14.7 Å². The van der Waals surface area contributed by atoms with Crippen molar-refractivity contribution in [3.8, 4) is 0 Å². The molecule has 1 aromatic carbocycles. The molecule has 0 aliphatic carbocycles. The third-order valence-electron chi connectivity index (χ3n) is 3.19. The number of carbonyl (C=O) groups is 2. The molecule has 0 saturated carbocycles. The molecule has 6 nitrogen and oxygen atoms in total. The number of amides is 2. The zero-order valence-electron chi connectivity index (χ0n) is 10.8. The second-order valence-corrected chi connectivity index (χ2v) is 5.22. The van der Waals surface area contributed by atoms with E-state index in [0.717, 1.165) is 10.5 Å². The van der Waals surface area contributed by atoms with Crippen LogP contribution in [0, 0.1) is 6.92 Å². The van der Waals surface area contributed by atoms with Crippen LogP contribution in [0.3, 0.4) is 0 Å². The third kappa shape index (κ3) is 3.02. The van der Waals surface area contributed by atoms with E-state index in [2.05, 4.69) is 5.32 Å². The van der Waals surface area contributed by atoms with Crippen molar-refractivity contribution in [2.45, 2.75) is 25.5 Å². The van der Waals surface area contributed by atoms with Crippen LogP contribution in [0.5, 0.6) is 0 Å². The topological polar surface area (TPSA) is 89.9 Å². The van der Waals surface area contributed by atoms with Gasteiger partial charge >= 0.3 is 12.0 Å². The summed E-state index contributed by atoms with van der Waals surface area (Å²) in [5, 5.41) is 21.5. The molecule has 0 radical (unpaired) electrons. The Hall–Kier alpha value is -1.79. The van der Waals surface area contributed by atoms with Gasteiger partial charge < -0.3 is 20.4 Å². The number of aliphatic hydroxyl groups is 1. The number of carboxylic acid groups (broad SMARTS) is 1. The van der Waals surface area contributed by atoms with E-state index in [1.807, 2.05) is 6.92 Å². The number of hydrogen-bond donors (Lipinski definition) is 3. The molecule has 1 aliphatic heterocycles. The highest BCUT2D eigenvalue weighted by molar-refractivity contribution is 6.33. The fourth-order valence-corrected chi connectivity index (χ4v) is 2.36. The largest absolute Gasteiger partial charge is 0.480 e. The number of rotatable bonds is 2. The van der Waals surface area contributed by atoms with Crippen LogP contribution >= 0.6 is 11.6 Å². The van der Waals surface area contributed by atoms with Crippen molar-refractivity contribution in [3.63, 3.8) is 0 Å².